The highest BCUT2D eigenvalue weighted by Crippen LogP contribution is 2.19. The third kappa shape index (κ3) is 6.83. The predicted octanol–water partition coefficient (Wildman–Crippen LogP) is 6.56. The Balaban J connectivity index is 0.000000134. The molecule has 0 nitrogen and oxygen atoms in total. The second-order valence-corrected chi connectivity index (χ2v) is 6.29. The molecule has 1 aliphatic rings. The van der Waals surface area contributed by atoms with Gasteiger partial charge in [-0.3, -0.25) is 0 Å². The maximum atomic E-state index is 2.26. The molecule has 4 rings (SSSR count). The fourth-order valence-corrected chi connectivity index (χ4v) is 2.74. The third-order valence-electron chi connectivity index (χ3n) is 4.14. The number of aryl methyl sites for hydroxylation is 4. The molecule has 0 N–H and O–H groups in total. The van der Waals surface area contributed by atoms with Crippen molar-refractivity contribution >= 4 is 0 Å². The maximum absolute atomic E-state index is 2.26. The van der Waals surface area contributed by atoms with Crippen LogP contribution in [0, 0.1) is 13.8 Å². The summed E-state index contributed by atoms with van der Waals surface area (Å²) in [6.45, 7) is 4.17. The number of rotatable bonds is 0. The molecular formula is C24H28. The standard InChI is InChI=1S/C10H12.2C7H8/c1-2-6-10-8-4-3-7-9(10)5-1;2*1-7-5-3-2-4-6-7/h1-2,5-6H,3-4,7-8H2;2*2-6H,1H3. The molecule has 0 saturated carbocycles. The summed E-state index contributed by atoms with van der Waals surface area (Å²) in [7, 11) is 0. The van der Waals surface area contributed by atoms with Crippen molar-refractivity contribution in [1.29, 1.82) is 0 Å². The molecule has 0 saturated heterocycles. The van der Waals surface area contributed by atoms with Crippen molar-refractivity contribution < 1.29 is 0 Å². The van der Waals surface area contributed by atoms with E-state index in [1.807, 2.05) is 36.4 Å². The van der Waals surface area contributed by atoms with E-state index in [1.54, 1.807) is 11.1 Å². The van der Waals surface area contributed by atoms with Gasteiger partial charge in [0.25, 0.3) is 0 Å². The molecule has 1 aliphatic carbocycles. The van der Waals surface area contributed by atoms with Crippen molar-refractivity contribution in [3.63, 3.8) is 0 Å². The largest absolute Gasteiger partial charge is 0.0622 e. The van der Waals surface area contributed by atoms with Crippen LogP contribution >= 0.6 is 0 Å². The van der Waals surface area contributed by atoms with Crippen LogP contribution < -0.4 is 0 Å². The van der Waals surface area contributed by atoms with Crippen LogP contribution in [0.5, 0.6) is 0 Å². The summed E-state index contributed by atoms with van der Waals surface area (Å²) in [4.78, 5) is 0. The number of benzene rings is 3. The van der Waals surface area contributed by atoms with Crippen LogP contribution in [0.4, 0.5) is 0 Å². The molecule has 0 atom stereocenters. The van der Waals surface area contributed by atoms with Crippen LogP contribution in [0.1, 0.15) is 35.1 Å². The molecule has 0 bridgehead atoms. The molecule has 0 aromatic heterocycles. The van der Waals surface area contributed by atoms with Gasteiger partial charge in [0.1, 0.15) is 0 Å². The van der Waals surface area contributed by atoms with Crippen molar-refractivity contribution in [3.8, 4) is 0 Å². The van der Waals surface area contributed by atoms with Crippen molar-refractivity contribution in [1.82, 2.24) is 0 Å². The van der Waals surface area contributed by atoms with Crippen LogP contribution in [-0.4, -0.2) is 0 Å². The van der Waals surface area contributed by atoms with E-state index in [1.165, 1.54) is 36.8 Å². The number of hydrogen-bond donors (Lipinski definition) is 0. The smallest absolute Gasteiger partial charge is 0.0276 e. The number of hydrogen-bond acceptors (Lipinski definition) is 0. The van der Waals surface area contributed by atoms with Gasteiger partial charge in [-0.1, -0.05) is 96.1 Å². The summed E-state index contributed by atoms with van der Waals surface area (Å²) >= 11 is 0. The topological polar surface area (TPSA) is 0 Å². The van der Waals surface area contributed by atoms with E-state index in [-0.39, 0.29) is 0 Å². The van der Waals surface area contributed by atoms with Gasteiger partial charge in [-0.25, -0.2) is 0 Å². The monoisotopic (exact) mass is 316 g/mol. The Labute approximate surface area is 147 Å². The van der Waals surface area contributed by atoms with Crippen molar-refractivity contribution in [3.05, 3.63) is 107 Å². The van der Waals surface area contributed by atoms with E-state index in [2.05, 4.69) is 62.4 Å². The maximum Gasteiger partial charge on any atom is -0.0276 e. The van der Waals surface area contributed by atoms with Crippen LogP contribution in [-0.2, 0) is 12.8 Å². The SMILES string of the molecule is Cc1ccccc1.Cc1ccccc1.c1ccc2c(c1)CCCC2. The Bertz CT molecular complexity index is 621. The lowest BCUT2D eigenvalue weighted by molar-refractivity contribution is 0.685. The molecule has 3 aromatic carbocycles. The van der Waals surface area contributed by atoms with Gasteiger partial charge < -0.3 is 0 Å². The van der Waals surface area contributed by atoms with Gasteiger partial charge in [0.05, 0.1) is 0 Å². The van der Waals surface area contributed by atoms with E-state index in [9.17, 15) is 0 Å². The third-order valence-corrected chi connectivity index (χ3v) is 4.14. The molecule has 0 spiro atoms. The Morgan fingerprint density at radius 3 is 1.08 bits per heavy atom. The van der Waals surface area contributed by atoms with E-state index < -0.39 is 0 Å². The second-order valence-electron chi connectivity index (χ2n) is 6.29. The van der Waals surface area contributed by atoms with Gasteiger partial charge in [-0.05, 0) is 50.7 Å². The molecule has 0 aliphatic heterocycles. The fraction of sp³-hybridized carbons (Fsp3) is 0.250. The lowest BCUT2D eigenvalue weighted by atomic mass is 9.92. The van der Waals surface area contributed by atoms with Gasteiger partial charge in [0.2, 0.25) is 0 Å². The van der Waals surface area contributed by atoms with Crippen LogP contribution in [0.25, 0.3) is 0 Å². The summed E-state index contributed by atoms with van der Waals surface area (Å²) in [5, 5.41) is 0. The normalized spacial score (nSPS) is 11.9. The highest BCUT2D eigenvalue weighted by atomic mass is 14.1. The molecule has 0 amide bonds. The molecule has 124 valence electrons. The van der Waals surface area contributed by atoms with Gasteiger partial charge in [-0.2, -0.15) is 0 Å². The average molecular weight is 316 g/mol. The molecule has 0 fully saturated rings. The molecular weight excluding hydrogens is 288 g/mol. The quantitative estimate of drug-likeness (QED) is 0.441. The Morgan fingerprint density at radius 1 is 0.458 bits per heavy atom. The van der Waals surface area contributed by atoms with E-state index in [0.717, 1.165) is 0 Å². The van der Waals surface area contributed by atoms with Gasteiger partial charge in [-0.15, -0.1) is 0 Å². The Hall–Kier alpha value is -2.34. The summed E-state index contributed by atoms with van der Waals surface area (Å²) in [5.74, 6) is 0. The number of fused-ring (bicyclic) bond motifs is 1. The van der Waals surface area contributed by atoms with Gasteiger partial charge in [0, 0.05) is 0 Å². The average Bonchev–Trinajstić information content (AvgIpc) is 2.64. The van der Waals surface area contributed by atoms with E-state index in [4.69, 9.17) is 0 Å². The zero-order valence-corrected chi connectivity index (χ0v) is 14.9. The van der Waals surface area contributed by atoms with Gasteiger partial charge >= 0.3 is 0 Å². The molecule has 0 radical (unpaired) electrons. The Kier molecular flexibility index (Phi) is 7.83. The highest BCUT2D eigenvalue weighted by Gasteiger charge is 2.05. The van der Waals surface area contributed by atoms with Crippen LogP contribution in [0.3, 0.4) is 0 Å². The molecule has 0 unspecified atom stereocenters. The summed E-state index contributed by atoms with van der Waals surface area (Å²) in [6, 6.07) is 29.3. The second kappa shape index (κ2) is 10.4. The van der Waals surface area contributed by atoms with Gasteiger partial charge in [0.15, 0.2) is 0 Å². The molecule has 24 heavy (non-hydrogen) atoms. The minimum atomic E-state index is 1.30. The summed E-state index contributed by atoms with van der Waals surface area (Å²) in [6.07, 6.45) is 5.38. The summed E-state index contributed by atoms with van der Waals surface area (Å²) < 4.78 is 0. The zero-order valence-electron chi connectivity index (χ0n) is 14.9. The predicted molar refractivity (Wildman–Crippen MR) is 105 cm³/mol. The van der Waals surface area contributed by atoms with Crippen molar-refractivity contribution in [2.75, 3.05) is 0 Å². The first-order chi connectivity index (χ1) is 11.8. The first-order valence-electron chi connectivity index (χ1n) is 8.86. The lowest BCUT2D eigenvalue weighted by Gasteiger charge is -2.13. The van der Waals surface area contributed by atoms with Crippen LogP contribution in [0.2, 0.25) is 0 Å². The first-order valence-corrected chi connectivity index (χ1v) is 8.86. The minimum Gasteiger partial charge on any atom is -0.0622 e. The first kappa shape index (κ1) is 18.0. The van der Waals surface area contributed by atoms with Crippen LogP contribution in [0.15, 0.2) is 84.9 Å². The molecule has 0 heteroatoms. The Morgan fingerprint density at radius 2 is 0.792 bits per heavy atom. The lowest BCUT2D eigenvalue weighted by Crippen LogP contribution is -2.00. The highest BCUT2D eigenvalue weighted by molar-refractivity contribution is 5.28. The fourth-order valence-electron chi connectivity index (χ4n) is 2.74. The van der Waals surface area contributed by atoms with E-state index in [0.29, 0.717) is 0 Å². The molecule has 3 aromatic rings. The zero-order chi connectivity index (χ0) is 17.0. The van der Waals surface area contributed by atoms with E-state index >= 15 is 0 Å². The minimum absolute atomic E-state index is 1.30. The van der Waals surface area contributed by atoms with Crippen molar-refractivity contribution in [2.24, 2.45) is 0 Å². The summed E-state index contributed by atoms with van der Waals surface area (Å²) in [5.41, 5.74) is 5.80. The van der Waals surface area contributed by atoms with Crippen molar-refractivity contribution in [2.45, 2.75) is 39.5 Å². The molecule has 0 heterocycles.